The van der Waals surface area contributed by atoms with Gasteiger partial charge in [0.25, 0.3) is 0 Å². The maximum atomic E-state index is 5.44. The smallest absolute Gasteiger partial charge is 0.160 e. The zero-order valence-corrected chi connectivity index (χ0v) is 11.1. The molecular formula is C14H21N3O. The molecule has 0 spiro atoms. The third-order valence-corrected chi connectivity index (χ3v) is 4.14. The Morgan fingerprint density at radius 1 is 1.44 bits per heavy atom. The Kier molecular flexibility index (Phi) is 3.12. The van der Waals surface area contributed by atoms with Crippen molar-refractivity contribution in [3.05, 3.63) is 18.0 Å². The monoisotopic (exact) mass is 247 g/mol. The Bertz CT molecular complexity index is 421. The quantitative estimate of drug-likeness (QED) is 0.861. The van der Waals surface area contributed by atoms with Crippen LogP contribution in [-0.2, 0) is 0 Å². The molecule has 0 amide bonds. The van der Waals surface area contributed by atoms with E-state index in [2.05, 4.69) is 21.3 Å². The van der Waals surface area contributed by atoms with E-state index in [0.717, 1.165) is 30.5 Å². The van der Waals surface area contributed by atoms with Crippen LogP contribution in [0.25, 0.3) is 0 Å². The summed E-state index contributed by atoms with van der Waals surface area (Å²) < 4.78 is 5.44. The minimum absolute atomic E-state index is 0.650. The van der Waals surface area contributed by atoms with Gasteiger partial charge in [-0.05, 0) is 38.3 Å². The standard InChI is InChI=1S/C14H21N3O/c1-10-6-13(14(18-2)7-16-10)17-8-11-4-3-5-15-12(11)9-17/h6-7,11-12,15H,3-5,8-9H2,1-2H3/t11-,12+/m0/s1. The van der Waals surface area contributed by atoms with Crippen molar-refractivity contribution in [3.63, 3.8) is 0 Å². The van der Waals surface area contributed by atoms with E-state index in [0.29, 0.717) is 6.04 Å². The summed E-state index contributed by atoms with van der Waals surface area (Å²) in [4.78, 5) is 6.75. The van der Waals surface area contributed by atoms with E-state index in [9.17, 15) is 0 Å². The molecule has 2 aliphatic rings. The second-order valence-electron chi connectivity index (χ2n) is 5.37. The number of aromatic nitrogens is 1. The summed E-state index contributed by atoms with van der Waals surface area (Å²) in [6.07, 6.45) is 4.49. The SMILES string of the molecule is COc1cnc(C)cc1N1C[C@@H]2CCCN[C@@H]2C1. The minimum atomic E-state index is 0.650. The second-order valence-corrected chi connectivity index (χ2v) is 5.37. The molecule has 0 aromatic carbocycles. The van der Waals surface area contributed by atoms with Gasteiger partial charge in [0.1, 0.15) is 0 Å². The molecule has 1 aromatic rings. The molecule has 98 valence electrons. The van der Waals surface area contributed by atoms with Crippen LogP contribution in [0.4, 0.5) is 5.69 Å². The molecule has 0 saturated carbocycles. The number of methoxy groups -OCH3 is 1. The van der Waals surface area contributed by atoms with Gasteiger partial charge in [0.2, 0.25) is 0 Å². The molecule has 4 heteroatoms. The molecule has 0 radical (unpaired) electrons. The average molecular weight is 247 g/mol. The summed E-state index contributed by atoms with van der Waals surface area (Å²) >= 11 is 0. The highest BCUT2D eigenvalue weighted by Gasteiger charge is 2.35. The number of rotatable bonds is 2. The van der Waals surface area contributed by atoms with Gasteiger partial charge in [-0.15, -0.1) is 0 Å². The van der Waals surface area contributed by atoms with Crippen LogP contribution in [0.15, 0.2) is 12.3 Å². The van der Waals surface area contributed by atoms with Gasteiger partial charge >= 0.3 is 0 Å². The van der Waals surface area contributed by atoms with Gasteiger partial charge in [-0.2, -0.15) is 0 Å². The Hall–Kier alpha value is -1.29. The Morgan fingerprint density at radius 3 is 3.11 bits per heavy atom. The topological polar surface area (TPSA) is 37.4 Å². The molecule has 2 fully saturated rings. The molecule has 3 rings (SSSR count). The third kappa shape index (κ3) is 2.05. The van der Waals surface area contributed by atoms with E-state index in [1.807, 2.05) is 13.1 Å². The first-order valence-electron chi connectivity index (χ1n) is 6.77. The molecule has 1 aromatic heterocycles. The zero-order chi connectivity index (χ0) is 12.5. The molecule has 4 nitrogen and oxygen atoms in total. The molecule has 0 aliphatic carbocycles. The minimum Gasteiger partial charge on any atom is -0.493 e. The van der Waals surface area contributed by atoms with E-state index in [-0.39, 0.29) is 0 Å². The lowest BCUT2D eigenvalue weighted by Gasteiger charge is -2.24. The number of hydrogen-bond acceptors (Lipinski definition) is 4. The fourth-order valence-electron chi connectivity index (χ4n) is 3.18. The average Bonchev–Trinajstić information content (AvgIpc) is 2.82. The first-order chi connectivity index (χ1) is 8.78. The summed E-state index contributed by atoms with van der Waals surface area (Å²) in [7, 11) is 1.72. The summed E-state index contributed by atoms with van der Waals surface area (Å²) in [6, 6.07) is 2.79. The fraction of sp³-hybridized carbons (Fsp3) is 0.643. The van der Waals surface area contributed by atoms with Crippen molar-refractivity contribution in [1.29, 1.82) is 0 Å². The van der Waals surface area contributed by atoms with E-state index in [1.165, 1.54) is 25.1 Å². The Balaban J connectivity index is 1.85. The van der Waals surface area contributed by atoms with E-state index < -0.39 is 0 Å². The molecule has 2 aliphatic heterocycles. The zero-order valence-electron chi connectivity index (χ0n) is 11.1. The number of nitrogens with zero attached hydrogens (tertiary/aromatic N) is 2. The number of ether oxygens (including phenoxy) is 1. The summed E-state index contributed by atoms with van der Waals surface area (Å²) in [6.45, 7) is 5.42. The number of piperidine rings is 1. The highest BCUT2D eigenvalue weighted by Crippen LogP contribution is 2.34. The first kappa shape index (κ1) is 11.8. The van der Waals surface area contributed by atoms with Crippen molar-refractivity contribution in [3.8, 4) is 5.75 Å². The Labute approximate surface area is 108 Å². The maximum absolute atomic E-state index is 5.44. The highest BCUT2D eigenvalue weighted by molar-refractivity contribution is 5.59. The first-order valence-corrected chi connectivity index (χ1v) is 6.77. The van der Waals surface area contributed by atoms with Crippen molar-refractivity contribution < 1.29 is 4.74 Å². The largest absolute Gasteiger partial charge is 0.493 e. The van der Waals surface area contributed by atoms with Crippen LogP contribution in [0.2, 0.25) is 0 Å². The second kappa shape index (κ2) is 4.76. The van der Waals surface area contributed by atoms with Gasteiger partial charge in [-0.1, -0.05) is 0 Å². The molecule has 3 heterocycles. The lowest BCUT2D eigenvalue weighted by Crippen LogP contribution is -2.40. The maximum Gasteiger partial charge on any atom is 0.160 e. The summed E-state index contributed by atoms with van der Waals surface area (Å²) in [5.74, 6) is 1.68. The van der Waals surface area contributed by atoms with Crippen molar-refractivity contribution in [1.82, 2.24) is 10.3 Å². The van der Waals surface area contributed by atoms with Gasteiger partial charge in [-0.25, -0.2) is 0 Å². The van der Waals surface area contributed by atoms with Crippen LogP contribution >= 0.6 is 0 Å². The van der Waals surface area contributed by atoms with Gasteiger partial charge < -0.3 is 15.0 Å². The van der Waals surface area contributed by atoms with Gasteiger partial charge in [0, 0.05) is 24.8 Å². The molecule has 2 atom stereocenters. The fourth-order valence-corrected chi connectivity index (χ4v) is 3.18. The van der Waals surface area contributed by atoms with Crippen LogP contribution in [0.1, 0.15) is 18.5 Å². The van der Waals surface area contributed by atoms with Crippen LogP contribution in [0.5, 0.6) is 5.75 Å². The van der Waals surface area contributed by atoms with Crippen molar-refractivity contribution >= 4 is 5.69 Å². The molecule has 2 saturated heterocycles. The van der Waals surface area contributed by atoms with Crippen LogP contribution < -0.4 is 15.0 Å². The van der Waals surface area contributed by atoms with Gasteiger partial charge in [0.15, 0.2) is 5.75 Å². The van der Waals surface area contributed by atoms with Crippen LogP contribution in [-0.4, -0.2) is 37.8 Å². The Morgan fingerprint density at radius 2 is 2.33 bits per heavy atom. The molecular weight excluding hydrogens is 226 g/mol. The molecule has 0 unspecified atom stereocenters. The number of anilines is 1. The predicted molar refractivity (Wildman–Crippen MR) is 72.3 cm³/mol. The van der Waals surface area contributed by atoms with Crippen molar-refractivity contribution in [2.45, 2.75) is 25.8 Å². The van der Waals surface area contributed by atoms with Crippen molar-refractivity contribution in [2.24, 2.45) is 5.92 Å². The third-order valence-electron chi connectivity index (χ3n) is 4.14. The number of nitrogens with one attached hydrogen (secondary N) is 1. The van der Waals surface area contributed by atoms with Gasteiger partial charge in [0.05, 0.1) is 19.0 Å². The normalized spacial score (nSPS) is 27.1. The number of pyridine rings is 1. The summed E-state index contributed by atoms with van der Waals surface area (Å²) in [5, 5.41) is 3.63. The van der Waals surface area contributed by atoms with Gasteiger partial charge in [-0.3, -0.25) is 4.98 Å². The van der Waals surface area contributed by atoms with E-state index in [4.69, 9.17) is 4.74 Å². The highest BCUT2D eigenvalue weighted by atomic mass is 16.5. The molecule has 1 N–H and O–H groups in total. The van der Waals surface area contributed by atoms with E-state index in [1.54, 1.807) is 7.11 Å². The number of aryl methyl sites for hydroxylation is 1. The number of hydrogen-bond donors (Lipinski definition) is 1. The predicted octanol–water partition coefficient (Wildman–Crippen LogP) is 1.59. The number of fused-ring (bicyclic) bond motifs is 1. The lowest BCUT2D eigenvalue weighted by atomic mass is 9.94. The lowest BCUT2D eigenvalue weighted by molar-refractivity contribution is 0.340. The molecule has 18 heavy (non-hydrogen) atoms. The van der Waals surface area contributed by atoms with E-state index >= 15 is 0 Å². The van der Waals surface area contributed by atoms with Crippen LogP contribution in [0.3, 0.4) is 0 Å². The van der Waals surface area contributed by atoms with Crippen LogP contribution in [0, 0.1) is 12.8 Å². The van der Waals surface area contributed by atoms with Crippen molar-refractivity contribution in [2.75, 3.05) is 31.6 Å². The molecule has 0 bridgehead atoms. The summed E-state index contributed by atoms with van der Waals surface area (Å²) in [5.41, 5.74) is 2.25.